The van der Waals surface area contributed by atoms with Crippen molar-refractivity contribution in [2.45, 2.75) is 0 Å². The van der Waals surface area contributed by atoms with Crippen LogP contribution in [0.25, 0.3) is 21.8 Å². The number of benzene rings is 1. The van der Waals surface area contributed by atoms with E-state index in [4.69, 9.17) is 0 Å². The number of aromatic amines is 1. The molecule has 0 aliphatic rings. The molecule has 0 saturated carbocycles. The van der Waals surface area contributed by atoms with Gasteiger partial charge in [-0.25, -0.2) is 0 Å². The van der Waals surface area contributed by atoms with Crippen LogP contribution in [-0.2, 0) is 0 Å². The average molecular weight is 294 g/mol. The molecule has 0 radical (unpaired) electrons. The molecular weight excluding hydrogens is 287 g/mol. The van der Waals surface area contributed by atoms with Gasteiger partial charge in [0.2, 0.25) is 0 Å². The molecule has 0 unspecified atom stereocenters. The van der Waals surface area contributed by atoms with E-state index in [0.29, 0.717) is 0 Å². The fourth-order valence-corrected chi connectivity index (χ4v) is 2.21. The third kappa shape index (κ3) is 1.12. The van der Waals surface area contributed by atoms with E-state index in [2.05, 4.69) is 50.8 Å². The van der Waals surface area contributed by atoms with Gasteiger partial charge < -0.3 is 4.98 Å². The van der Waals surface area contributed by atoms with Crippen LogP contribution < -0.4 is 0 Å². The van der Waals surface area contributed by atoms with Crippen molar-refractivity contribution in [2.24, 2.45) is 0 Å². The van der Waals surface area contributed by atoms with Crippen molar-refractivity contribution in [2.75, 3.05) is 0 Å². The molecule has 2 aromatic heterocycles. The molecule has 2 nitrogen and oxygen atoms in total. The number of nitrogens with zero attached hydrogens (tertiary/aromatic N) is 1. The fourth-order valence-electron chi connectivity index (χ4n) is 1.72. The van der Waals surface area contributed by atoms with Crippen molar-refractivity contribution in [3.8, 4) is 0 Å². The second-order valence-electron chi connectivity index (χ2n) is 3.24. The molecular formula is C11H7IN2. The summed E-state index contributed by atoms with van der Waals surface area (Å²) in [5, 5.41) is 2.52. The molecule has 0 atom stereocenters. The van der Waals surface area contributed by atoms with Crippen molar-refractivity contribution < 1.29 is 0 Å². The fraction of sp³-hybridized carbons (Fsp3) is 0. The zero-order chi connectivity index (χ0) is 9.54. The molecule has 0 aliphatic heterocycles. The lowest BCUT2D eigenvalue weighted by Gasteiger charge is -1.91. The first-order chi connectivity index (χ1) is 6.84. The summed E-state index contributed by atoms with van der Waals surface area (Å²) in [7, 11) is 0. The first-order valence-electron chi connectivity index (χ1n) is 4.35. The average Bonchev–Trinajstić information content (AvgIpc) is 2.56. The minimum absolute atomic E-state index is 1.10. The van der Waals surface area contributed by atoms with Crippen molar-refractivity contribution in [3.63, 3.8) is 0 Å². The summed E-state index contributed by atoms with van der Waals surface area (Å²) in [6.45, 7) is 0. The quantitative estimate of drug-likeness (QED) is 0.633. The van der Waals surface area contributed by atoms with Gasteiger partial charge in [-0.15, -0.1) is 0 Å². The largest absolute Gasteiger partial charge is 0.353 e. The van der Waals surface area contributed by atoms with Gasteiger partial charge in [-0.3, -0.25) is 4.98 Å². The number of fused-ring (bicyclic) bond motifs is 3. The molecule has 0 bridgehead atoms. The number of H-pyrrole nitrogens is 1. The van der Waals surface area contributed by atoms with Gasteiger partial charge in [0, 0.05) is 26.1 Å². The van der Waals surface area contributed by atoms with Crippen LogP contribution in [0.5, 0.6) is 0 Å². The summed E-state index contributed by atoms with van der Waals surface area (Å²) in [5.41, 5.74) is 2.28. The minimum atomic E-state index is 1.10. The maximum Gasteiger partial charge on any atom is 0.0651 e. The van der Waals surface area contributed by atoms with E-state index >= 15 is 0 Å². The van der Waals surface area contributed by atoms with Crippen LogP contribution in [0.15, 0.2) is 36.7 Å². The second kappa shape index (κ2) is 2.95. The van der Waals surface area contributed by atoms with Crippen LogP contribution in [0.3, 0.4) is 0 Å². The van der Waals surface area contributed by atoms with Gasteiger partial charge in [0.25, 0.3) is 0 Å². The van der Waals surface area contributed by atoms with Gasteiger partial charge >= 0.3 is 0 Å². The van der Waals surface area contributed by atoms with Gasteiger partial charge in [-0.05, 0) is 46.9 Å². The zero-order valence-corrected chi connectivity index (χ0v) is 9.45. The van der Waals surface area contributed by atoms with E-state index in [0.717, 1.165) is 5.52 Å². The maximum absolute atomic E-state index is 4.10. The van der Waals surface area contributed by atoms with Gasteiger partial charge in [0.1, 0.15) is 0 Å². The Hall–Kier alpha value is -1.10. The summed E-state index contributed by atoms with van der Waals surface area (Å²) < 4.78 is 1.26. The highest BCUT2D eigenvalue weighted by molar-refractivity contribution is 14.1. The molecule has 68 valence electrons. The highest BCUT2D eigenvalue weighted by Crippen LogP contribution is 2.25. The predicted molar refractivity (Wildman–Crippen MR) is 66.3 cm³/mol. The van der Waals surface area contributed by atoms with Gasteiger partial charge in [-0.2, -0.15) is 0 Å². The van der Waals surface area contributed by atoms with E-state index in [1.165, 1.54) is 19.9 Å². The van der Waals surface area contributed by atoms with Crippen molar-refractivity contribution in [3.05, 3.63) is 40.2 Å². The molecule has 1 aromatic carbocycles. The molecule has 14 heavy (non-hydrogen) atoms. The number of hydrogen-bond acceptors (Lipinski definition) is 1. The topological polar surface area (TPSA) is 28.7 Å². The van der Waals surface area contributed by atoms with E-state index < -0.39 is 0 Å². The number of halogens is 1. The molecule has 0 aliphatic carbocycles. The third-order valence-electron chi connectivity index (χ3n) is 2.36. The first kappa shape index (κ1) is 8.23. The zero-order valence-electron chi connectivity index (χ0n) is 7.29. The number of rotatable bonds is 0. The Morgan fingerprint density at radius 1 is 1.07 bits per heavy atom. The summed E-state index contributed by atoms with van der Waals surface area (Å²) in [6, 6.07) is 8.45. The smallest absolute Gasteiger partial charge is 0.0651 e. The lowest BCUT2D eigenvalue weighted by molar-refractivity contribution is 1.35. The molecule has 3 aromatic rings. The number of pyridine rings is 1. The Bertz CT molecular complexity index is 613. The summed E-state index contributed by atoms with van der Waals surface area (Å²) in [4.78, 5) is 7.44. The van der Waals surface area contributed by atoms with Crippen LogP contribution in [0.1, 0.15) is 0 Å². The van der Waals surface area contributed by atoms with E-state index in [-0.39, 0.29) is 0 Å². The Kier molecular flexibility index (Phi) is 1.73. The normalized spacial score (nSPS) is 11.2. The molecule has 3 heteroatoms. The summed E-state index contributed by atoms with van der Waals surface area (Å²) in [6.07, 6.45) is 3.69. The van der Waals surface area contributed by atoms with Crippen molar-refractivity contribution >= 4 is 44.4 Å². The number of aromatic nitrogens is 2. The van der Waals surface area contributed by atoms with Crippen molar-refractivity contribution in [1.29, 1.82) is 0 Å². The Morgan fingerprint density at radius 2 is 2.00 bits per heavy atom. The standard InChI is InChI=1S/C11H7IN2/c12-7-1-2-10-9(5-7)8-3-4-13-6-11(8)14-10/h1-6,14H. The third-order valence-corrected chi connectivity index (χ3v) is 3.03. The summed E-state index contributed by atoms with van der Waals surface area (Å²) in [5.74, 6) is 0. The van der Waals surface area contributed by atoms with Crippen LogP contribution in [0.4, 0.5) is 0 Å². The number of hydrogen-bond donors (Lipinski definition) is 1. The van der Waals surface area contributed by atoms with Crippen LogP contribution in [-0.4, -0.2) is 9.97 Å². The van der Waals surface area contributed by atoms with Gasteiger partial charge in [0.15, 0.2) is 0 Å². The highest BCUT2D eigenvalue weighted by atomic mass is 127. The molecule has 0 saturated heterocycles. The predicted octanol–water partition coefficient (Wildman–Crippen LogP) is 3.32. The summed E-state index contributed by atoms with van der Waals surface area (Å²) >= 11 is 2.33. The lowest BCUT2D eigenvalue weighted by Crippen LogP contribution is -1.70. The van der Waals surface area contributed by atoms with E-state index in [1.54, 1.807) is 0 Å². The molecule has 2 heterocycles. The molecule has 0 fully saturated rings. The van der Waals surface area contributed by atoms with Crippen molar-refractivity contribution in [1.82, 2.24) is 9.97 Å². The van der Waals surface area contributed by atoms with Gasteiger partial charge in [0.05, 0.1) is 11.7 Å². The van der Waals surface area contributed by atoms with E-state index in [1.807, 2.05) is 18.5 Å². The first-order valence-corrected chi connectivity index (χ1v) is 5.43. The highest BCUT2D eigenvalue weighted by Gasteiger charge is 2.03. The Balaban J connectivity index is 2.58. The van der Waals surface area contributed by atoms with Crippen LogP contribution in [0, 0.1) is 3.57 Å². The van der Waals surface area contributed by atoms with Crippen LogP contribution in [0.2, 0.25) is 0 Å². The second-order valence-corrected chi connectivity index (χ2v) is 4.48. The Morgan fingerprint density at radius 3 is 2.93 bits per heavy atom. The monoisotopic (exact) mass is 294 g/mol. The lowest BCUT2D eigenvalue weighted by atomic mass is 10.2. The maximum atomic E-state index is 4.10. The molecule has 0 amide bonds. The minimum Gasteiger partial charge on any atom is -0.353 e. The van der Waals surface area contributed by atoms with Crippen LogP contribution >= 0.6 is 22.6 Å². The Labute approximate surface area is 94.5 Å². The van der Waals surface area contributed by atoms with E-state index in [9.17, 15) is 0 Å². The number of nitrogens with one attached hydrogen (secondary N) is 1. The molecule has 3 rings (SSSR count). The van der Waals surface area contributed by atoms with Gasteiger partial charge in [-0.1, -0.05) is 0 Å². The molecule has 1 N–H and O–H groups in total. The SMILES string of the molecule is Ic1ccc2[nH]c3cnccc3c2c1. The molecule has 0 spiro atoms.